The topological polar surface area (TPSA) is 81.4 Å². The Morgan fingerprint density at radius 1 is 1.26 bits per heavy atom. The van der Waals surface area contributed by atoms with E-state index in [1.807, 2.05) is 0 Å². The third kappa shape index (κ3) is 4.29. The number of carbonyl (C=O) groups excluding carboxylic acids is 2. The molecule has 23 heavy (non-hydrogen) atoms. The predicted octanol–water partition coefficient (Wildman–Crippen LogP) is 3.12. The first-order valence-corrected chi connectivity index (χ1v) is 7.20. The summed E-state index contributed by atoms with van der Waals surface area (Å²) >= 11 is 0. The number of carbonyl (C=O) groups is 2. The lowest BCUT2D eigenvalue weighted by molar-refractivity contribution is -0.137. The highest BCUT2D eigenvalue weighted by atomic mass is 16.5. The minimum atomic E-state index is -0.386. The molecule has 0 aliphatic heterocycles. The highest BCUT2D eigenvalue weighted by Crippen LogP contribution is 2.16. The molecule has 1 heterocycles. The van der Waals surface area contributed by atoms with Crippen LogP contribution in [0.4, 0.5) is 5.69 Å². The van der Waals surface area contributed by atoms with E-state index in [1.165, 1.54) is 6.08 Å². The summed E-state index contributed by atoms with van der Waals surface area (Å²) in [4.78, 5) is 23.4. The molecule has 1 N–H and O–H groups in total. The summed E-state index contributed by atoms with van der Waals surface area (Å²) in [5.41, 5.74) is 2.46. The molecule has 6 heteroatoms. The van der Waals surface area contributed by atoms with Crippen molar-refractivity contribution in [3.63, 3.8) is 0 Å². The smallest absolute Gasteiger partial charge is 0.330 e. The Hall–Kier alpha value is -2.89. The number of benzene rings is 1. The molecule has 2 aromatic rings. The molecule has 0 spiro atoms. The Balaban J connectivity index is 2.03. The van der Waals surface area contributed by atoms with E-state index in [0.29, 0.717) is 29.3 Å². The van der Waals surface area contributed by atoms with Crippen molar-refractivity contribution in [2.75, 3.05) is 11.9 Å². The van der Waals surface area contributed by atoms with Gasteiger partial charge in [0.25, 0.3) is 5.91 Å². The number of hydrogen-bond acceptors (Lipinski definition) is 5. The largest absolute Gasteiger partial charge is 0.463 e. The van der Waals surface area contributed by atoms with Gasteiger partial charge in [0.2, 0.25) is 0 Å². The molecule has 1 aromatic carbocycles. The van der Waals surface area contributed by atoms with Crippen LogP contribution in [0, 0.1) is 13.8 Å². The van der Waals surface area contributed by atoms with E-state index >= 15 is 0 Å². The first kappa shape index (κ1) is 16.5. The van der Waals surface area contributed by atoms with Gasteiger partial charge < -0.3 is 14.6 Å². The maximum Gasteiger partial charge on any atom is 0.330 e. The van der Waals surface area contributed by atoms with Gasteiger partial charge in [-0.1, -0.05) is 17.3 Å². The monoisotopic (exact) mass is 314 g/mol. The minimum absolute atomic E-state index is 0.268. The van der Waals surface area contributed by atoms with Crippen molar-refractivity contribution in [3.05, 3.63) is 52.9 Å². The number of hydrogen-bond donors (Lipinski definition) is 1. The van der Waals surface area contributed by atoms with Crippen molar-refractivity contribution in [1.82, 2.24) is 5.16 Å². The van der Waals surface area contributed by atoms with E-state index < -0.39 is 0 Å². The molecule has 1 amide bonds. The van der Waals surface area contributed by atoms with Crippen LogP contribution in [0.3, 0.4) is 0 Å². The second-order valence-corrected chi connectivity index (χ2v) is 4.86. The number of nitrogens with zero attached hydrogens (tertiary/aromatic N) is 1. The van der Waals surface area contributed by atoms with Crippen LogP contribution in [0.2, 0.25) is 0 Å². The molecule has 120 valence electrons. The Labute approximate surface area is 134 Å². The molecule has 0 atom stereocenters. The van der Waals surface area contributed by atoms with Gasteiger partial charge in [-0.3, -0.25) is 4.79 Å². The zero-order valence-electron chi connectivity index (χ0n) is 13.3. The minimum Gasteiger partial charge on any atom is -0.463 e. The van der Waals surface area contributed by atoms with E-state index in [4.69, 9.17) is 9.26 Å². The maximum atomic E-state index is 12.2. The maximum absolute atomic E-state index is 12.2. The number of amides is 1. The number of nitrogens with one attached hydrogen (secondary N) is 1. The quantitative estimate of drug-likeness (QED) is 0.677. The second kappa shape index (κ2) is 7.40. The van der Waals surface area contributed by atoms with Crippen LogP contribution >= 0.6 is 0 Å². The van der Waals surface area contributed by atoms with Crippen LogP contribution < -0.4 is 5.32 Å². The number of esters is 1. The van der Waals surface area contributed by atoms with Crippen molar-refractivity contribution in [2.24, 2.45) is 0 Å². The molecule has 0 fully saturated rings. The molecule has 0 aliphatic carbocycles. The van der Waals surface area contributed by atoms with Gasteiger partial charge >= 0.3 is 5.97 Å². The second-order valence-electron chi connectivity index (χ2n) is 4.86. The van der Waals surface area contributed by atoms with Crippen LogP contribution in [0.15, 0.2) is 34.9 Å². The molecular weight excluding hydrogens is 296 g/mol. The van der Waals surface area contributed by atoms with E-state index in [2.05, 4.69) is 10.5 Å². The van der Waals surface area contributed by atoms with Gasteiger partial charge in [0.05, 0.1) is 12.3 Å². The van der Waals surface area contributed by atoms with Crippen LogP contribution in [0.5, 0.6) is 0 Å². The lowest BCUT2D eigenvalue weighted by atomic mass is 10.1. The predicted molar refractivity (Wildman–Crippen MR) is 86.0 cm³/mol. The highest BCUT2D eigenvalue weighted by Gasteiger charge is 2.17. The molecule has 1 aromatic heterocycles. The summed E-state index contributed by atoms with van der Waals surface area (Å²) in [7, 11) is 0. The van der Waals surface area contributed by atoms with Crippen molar-refractivity contribution >= 4 is 23.6 Å². The molecule has 0 saturated heterocycles. The Morgan fingerprint density at radius 3 is 2.52 bits per heavy atom. The Bertz CT molecular complexity index is 710. The van der Waals surface area contributed by atoms with Crippen LogP contribution in [-0.2, 0) is 9.53 Å². The average Bonchev–Trinajstić information content (AvgIpc) is 2.86. The molecule has 0 radical (unpaired) electrons. The SMILES string of the molecule is CCOC(=O)/C=C/c1ccc(NC(=O)c2c(C)noc2C)cc1. The highest BCUT2D eigenvalue weighted by molar-refractivity contribution is 6.05. The van der Waals surface area contributed by atoms with Gasteiger partial charge in [0.15, 0.2) is 0 Å². The first-order chi connectivity index (χ1) is 11.0. The molecule has 2 rings (SSSR count). The molecule has 0 aliphatic rings. The van der Waals surface area contributed by atoms with Gasteiger partial charge in [0.1, 0.15) is 11.3 Å². The van der Waals surface area contributed by atoms with Gasteiger partial charge in [-0.15, -0.1) is 0 Å². The zero-order chi connectivity index (χ0) is 16.8. The van der Waals surface area contributed by atoms with Gasteiger partial charge in [-0.05, 0) is 44.5 Å². The van der Waals surface area contributed by atoms with E-state index in [0.717, 1.165) is 5.56 Å². The van der Waals surface area contributed by atoms with Crippen LogP contribution in [0.25, 0.3) is 6.08 Å². The van der Waals surface area contributed by atoms with Gasteiger partial charge in [-0.2, -0.15) is 0 Å². The van der Waals surface area contributed by atoms with Crippen LogP contribution in [-0.4, -0.2) is 23.6 Å². The number of aryl methyl sites for hydroxylation is 2. The molecular formula is C17H18N2O4. The van der Waals surface area contributed by atoms with Gasteiger partial charge in [0, 0.05) is 11.8 Å². The van der Waals surface area contributed by atoms with Crippen molar-refractivity contribution < 1.29 is 18.8 Å². The standard InChI is InChI=1S/C17H18N2O4/c1-4-22-15(20)10-7-13-5-8-14(9-6-13)18-17(21)16-11(2)19-23-12(16)3/h5-10H,4H2,1-3H3,(H,18,21)/b10-7+. The van der Waals surface area contributed by atoms with E-state index in [9.17, 15) is 9.59 Å². The lowest BCUT2D eigenvalue weighted by Gasteiger charge is -2.05. The summed E-state index contributed by atoms with van der Waals surface area (Å²) in [5, 5.41) is 6.54. The summed E-state index contributed by atoms with van der Waals surface area (Å²) < 4.78 is 9.79. The molecule has 6 nitrogen and oxygen atoms in total. The van der Waals surface area contributed by atoms with E-state index in [-0.39, 0.29) is 11.9 Å². The third-order valence-electron chi connectivity index (χ3n) is 3.13. The fraction of sp³-hybridized carbons (Fsp3) is 0.235. The summed E-state index contributed by atoms with van der Waals surface area (Å²) in [6.07, 6.45) is 3.01. The Morgan fingerprint density at radius 2 is 1.96 bits per heavy atom. The van der Waals surface area contributed by atoms with Crippen molar-refractivity contribution in [2.45, 2.75) is 20.8 Å². The fourth-order valence-corrected chi connectivity index (χ4v) is 2.03. The normalized spacial score (nSPS) is 10.7. The fourth-order valence-electron chi connectivity index (χ4n) is 2.03. The van der Waals surface area contributed by atoms with Crippen molar-refractivity contribution in [3.8, 4) is 0 Å². The number of anilines is 1. The Kier molecular flexibility index (Phi) is 5.30. The third-order valence-corrected chi connectivity index (χ3v) is 3.13. The van der Waals surface area contributed by atoms with Crippen LogP contribution in [0.1, 0.15) is 34.3 Å². The summed E-state index contributed by atoms with van der Waals surface area (Å²) in [6.45, 7) is 5.50. The zero-order valence-corrected chi connectivity index (χ0v) is 13.3. The number of rotatable bonds is 5. The summed E-state index contributed by atoms with van der Waals surface area (Å²) in [5.74, 6) is -0.173. The summed E-state index contributed by atoms with van der Waals surface area (Å²) in [6, 6.07) is 7.08. The number of ether oxygens (including phenoxy) is 1. The van der Waals surface area contributed by atoms with E-state index in [1.54, 1.807) is 51.1 Å². The lowest BCUT2D eigenvalue weighted by Crippen LogP contribution is -2.13. The molecule has 0 saturated carbocycles. The first-order valence-electron chi connectivity index (χ1n) is 7.20. The van der Waals surface area contributed by atoms with Crippen molar-refractivity contribution in [1.29, 1.82) is 0 Å². The molecule has 0 unspecified atom stereocenters. The van der Waals surface area contributed by atoms with Gasteiger partial charge in [-0.25, -0.2) is 4.79 Å². The molecule has 0 bridgehead atoms. The number of aromatic nitrogens is 1. The average molecular weight is 314 g/mol.